The Hall–Kier alpha value is -2.30. The molecule has 1 amide bonds. The summed E-state index contributed by atoms with van der Waals surface area (Å²) in [7, 11) is 1.56. The lowest BCUT2D eigenvalue weighted by atomic mass is 10.1. The highest BCUT2D eigenvalue weighted by atomic mass is 16.3. The van der Waals surface area contributed by atoms with Gasteiger partial charge in [0, 0.05) is 36.5 Å². The van der Waals surface area contributed by atoms with Crippen molar-refractivity contribution in [2.24, 2.45) is 5.92 Å². The first-order valence-electron chi connectivity index (χ1n) is 6.59. The molecular weight excluding hydrogens is 254 g/mol. The van der Waals surface area contributed by atoms with Crippen molar-refractivity contribution in [2.75, 3.05) is 7.05 Å². The molecule has 0 bridgehead atoms. The third kappa shape index (κ3) is 2.99. The minimum atomic E-state index is -0.220. The van der Waals surface area contributed by atoms with Gasteiger partial charge in [-0.25, -0.2) is 0 Å². The molecule has 1 aromatic carbocycles. The Morgan fingerprint density at radius 2 is 2.20 bits per heavy atom. The van der Waals surface area contributed by atoms with E-state index in [9.17, 15) is 9.90 Å². The number of carbonyl (C=O) groups excluding carboxylic acids is 1. The second-order valence-corrected chi connectivity index (χ2v) is 5.16. The molecule has 5 heteroatoms. The molecule has 2 aromatic rings. The molecule has 0 saturated carbocycles. The van der Waals surface area contributed by atoms with Crippen LogP contribution in [0.4, 0.5) is 0 Å². The fourth-order valence-corrected chi connectivity index (χ4v) is 2.04. The number of nitrogens with one attached hydrogen (secondary N) is 1. The Morgan fingerprint density at radius 3 is 2.80 bits per heavy atom. The van der Waals surface area contributed by atoms with Crippen molar-refractivity contribution < 1.29 is 9.90 Å². The van der Waals surface area contributed by atoms with E-state index < -0.39 is 0 Å². The normalized spacial score (nSPS) is 10.8. The van der Waals surface area contributed by atoms with E-state index in [2.05, 4.69) is 24.3 Å². The summed E-state index contributed by atoms with van der Waals surface area (Å²) in [5.74, 6) is 0.365. The van der Waals surface area contributed by atoms with E-state index >= 15 is 0 Å². The second-order valence-electron chi connectivity index (χ2n) is 5.16. The highest BCUT2D eigenvalue weighted by molar-refractivity contribution is 5.95. The number of hydrogen-bond donors (Lipinski definition) is 2. The Labute approximate surface area is 118 Å². The Kier molecular flexibility index (Phi) is 4.08. The van der Waals surface area contributed by atoms with Gasteiger partial charge in [0.1, 0.15) is 5.75 Å². The average Bonchev–Trinajstić information content (AvgIpc) is 2.85. The van der Waals surface area contributed by atoms with Crippen LogP contribution in [0.5, 0.6) is 5.75 Å². The Bertz CT molecular complexity index is 617. The number of phenolic OH excluding ortho intramolecular Hbond substituents is 1. The third-order valence-electron chi connectivity index (χ3n) is 2.98. The molecule has 0 radical (unpaired) electrons. The van der Waals surface area contributed by atoms with Gasteiger partial charge in [-0.2, -0.15) is 5.10 Å². The monoisotopic (exact) mass is 273 g/mol. The van der Waals surface area contributed by atoms with Gasteiger partial charge in [-0.1, -0.05) is 13.8 Å². The molecule has 0 aliphatic heterocycles. The lowest BCUT2D eigenvalue weighted by Crippen LogP contribution is -2.17. The largest absolute Gasteiger partial charge is 0.507 e. The summed E-state index contributed by atoms with van der Waals surface area (Å²) in [6.07, 6.45) is 3.62. The number of phenols is 1. The first-order chi connectivity index (χ1) is 9.51. The zero-order valence-electron chi connectivity index (χ0n) is 11.9. The highest BCUT2D eigenvalue weighted by Crippen LogP contribution is 2.29. The summed E-state index contributed by atoms with van der Waals surface area (Å²) in [5.41, 5.74) is 1.95. The van der Waals surface area contributed by atoms with Crippen molar-refractivity contribution in [3.8, 4) is 16.9 Å². The van der Waals surface area contributed by atoms with Crippen LogP contribution >= 0.6 is 0 Å². The maximum absolute atomic E-state index is 11.5. The van der Waals surface area contributed by atoms with Gasteiger partial charge >= 0.3 is 0 Å². The molecular formula is C15H19N3O2. The fraction of sp³-hybridized carbons (Fsp3) is 0.333. The number of aromatic hydroxyl groups is 1. The van der Waals surface area contributed by atoms with E-state index in [-0.39, 0.29) is 11.7 Å². The molecule has 1 heterocycles. The predicted octanol–water partition coefficient (Wildman–Crippen LogP) is 2.27. The zero-order valence-corrected chi connectivity index (χ0v) is 11.9. The maximum atomic E-state index is 11.5. The quantitative estimate of drug-likeness (QED) is 0.898. The number of amides is 1. The maximum Gasteiger partial charge on any atom is 0.251 e. The number of aromatic nitrogens is 2. The van der Waals surface area contributed by atoms with Crippen molar-refractivity contribution >= 4 is 5.91 Å². The van der Waals surface area contributed by atoms with E-state index in [0.717, 1.165) is 12.1 Å². The minimum absolute atomic E-state index is 0.0789. The summed E-state index contributed by atoms with van der Waals surface area (Å²) in [5, 5.41) is 16.9. The number of benzene rings is 1. The summed E-state index contributed by atoms with van der Waals surface area (Å²) in [4.78, 5) is 11.5. The van der Waals surface area contributed by atoms with Gasteiger partial charge in [0.25, 0.3) is 5.91 Å². The van der Waals surface area contributed by atoms with Crippen LogP contribution in [0.1, 0.15) is 24.2 Å². The smallest absolute Gasteiger partial charge is 0.251 e. The van der Waals surface area contributed by atoms with Crippen molar-refractivity contribution in [2.45, 2.75) is 20.4 Å². The molecule has 106 valence electrons. The van der Waals surface area contributed by atoms with Crippen LogP contribution in [0.15, 0.2) is 30.6 Å². The minimum Gasteiger partial charge on any atom is -0.507 e. The highest BCUT2D eigenvalue weighted by Gasteiger charge is 2.11. The summed E-state index contributed by atoms with van der Waals surface area (Å²) < 4.78 is 1.85. The molecule has 1 aromatic heterocycles. The molecule has 2 N–H and O–H groups in total. The molecule has 2 rings (SSSR count). The second kappa shape index (κ2) is 5.77. The molecule has 0 aliphatic rings. The summed E-state index contributed by atoms with van der Waals surface area (Å²) in [6.45, 7) is 5.07. The lowest BCUT2D eigenvalue weighted by molar-refractivity contribution is 0.0962. The van der Waals surface area contributed by atoms with Crippen LogP contribution in [0.3, 0.4) is 0 Å². The number of carbonyl (C=O) groups is 1. The van der Waals surface area contributed by atoms with Crippen LogP contribution < -0.4 is 5.32 Å². The molecule has 0 atom stereocenters. The van der Waals surface area contributed by atoms with Gasteiger partial charge in [0.05, 0.1) is 6.20 Å². The van der Waals surface area contributed by atoms with Crippen molar-refractivity contribution in [3.63, 3.8) is 0 Å². The molecule has 0 spiro atoms. The van der Waals surface area contributed by atoms with Gasteiger partial charge < -0.3 is 10.4 Å². The lowest BCUT2D eigenvalue weighted by Gasteiger charge is -2.06. The third-order valence-corrected chi connectivity index (χ3v) is 2.98. The number of hydrogen-bond acceptors (Lipinski definition) is 3. The van der Waals surface area contributed by atoms with Crippen LogP contribution in [0, 0.1) is 5.92 Å². The topological polar surface area (TPSA) is 67.2 Å². The molecule has 0 saturated heterocycles. The van der Waals surface area contributed by atoms with Crippen molar-refractivity contribution in [3.05, 3.63) is 36.2 Å². The fourth-order valence-electron chi connectivity index (χ4n) is 2.04. The van der Waals surface area contributed by atoms with Gasteiger partial charge in [-0.3, -0.25) is 9.48 Å². The van der Waals surface area contributed by atoms with E-state index in [1.165, 1.54) is 6.07 Å². The Balaban J connectivity index is 2.29. The standard InChI is InChI=1S/C15H19N3O2/c1-10(2)8-18-9-12(7-17-18)13-5-4-11(6-14(13)19)15(20)16-3/h4-7,9-10,19H,8H2,1-3H3,(H,16,20). The first kappa shape index (κ1) is 14.1. The number of rotatable bonds is 4. The van der Waals surface area contributed by atoms with Crippen LogP contribution in [0.2, 0.25) is 0 Å². The van der Waals surface area contributed by atoms with Crippen LogP contribution in [0.25, 0.3) is 11.1 Å². The molecule has 0 aliphatic carbocycles. The number of nitrogens with zero attached hydrogens (tertiary/aromatic N) is 2. The molecule has 5 nitrogen and oxygen atoms in total. The average molecular weight is 273 g/mol. The summed E-state index contributed by atoms with van der Waals surface area (Å²) >= 11 is 0. The zero-order chi connectivity index (χ0) is 14.7. The first-order valence-corrected chi connectivity index (χ1v) is 6.59. The van der Waals surface area contributed by atoms with E-state index in [0.29, 0.717) is 17.0 Å². The molecule has 0 fully saturated rings. The van der Waals surface area contributed by atoms with Crippen molar-refractivity contribution in [1.29, 1.82) is 0 Å². The van der Waals surface area contributed by atoms with Gasteiger partial charge in [-0.15, -0.1) is 0 Å². The van der Waals surface area contributed by atoms with Gasteiger partial charge in [0.15, 0.2) is 0 Å². The SMILES string of the molecule is CNC(=O)c1ccc(-c2cnn(CC(C)C)c2)c(O)c1. The van der Waals surface area contributed by atoms with Gasteiger partial charge in [-0.05, 0) is 24.1 Å². The molecule has 20 heavy (non-hydrogen) atoms. The van der Waals surface area contributed by atoms with Crippen LogP contribution in [-0.4, -0.2) is 27.8 Å². The predicted molar refractivity (Wildman–Crippen MR) is 77.6 cm³/mol. The van der Waals surface area contributed by atoms with E-state index in [1.807, 2.05) is 10.9 Å². The Morgan fingerprint density at radius 1 is 1.45 bits per heavy atom. The van der Waals surface area contributed by atoms with E-state index in [1.54, 1.807) is 25.4 Å². The van der Waals surface area contributed by atoms with E-state index in [4.69, 9.17) is 0 Å². The van der Waals surface area contributed by atoms with Crippen LogP contribution in [-0.2, 0) is 6.54 Å². The van der Waals surface area contributed by atoms with Crippen molar-refractivity contribution in [1.82, 2.24) is 15.1 Å². The molecule has 0 unspecified atom stereocenters. The summed E-state index contributed by atoms with van der Waals surface area (Å²) in [6, 6.07) is 4.89. The van der Waals surface area contributed by atoms with Gasteiger partial charge in [0.2, 0.25) is 0 Å².